The van der Waals surface area contributed by atoms with Crippen LogP contribution in [0, 0.1) is 0 Å². The van der Waals surface area contributed by atoms with Crippen molar-refractivity contribution in [3.8, 4) is 0 Å². The third-order valence-electron chi connectivity index (χ3n) is 2.81. The number of carboxylic acids is 1. The van der Waals surface area contributed by atoms with E-state index < -0.39 is 29.7 Å². The molecule has 20 heavy (non-hydrogen) atoms. The van der Waals surface area contributed by atoms with Gasteiger partial charge in [-0.25, -0.2) is 4.79 Å². The van der Waals surface area contributed by atoms with Crippen LogP contribution in [-0.2, 0) is 4.74 Å². The zero-order chi connectivity index (χ0) is 14.0. The summed E-state index contributed by atoms with van der Waals surface area (Å²) in [5.41, 5.74) is -0.529. The molecule has 0 aliphatic carbocycles. The molecule has 1 heterocycles. The van der Waals surface area contributed by atoms with Gasteiger partial charge in [0, 0.05) is 4.90 Å². The summed E-state index contributed by atoms with van der Waals surface area (Å²) in [5, 5.41) is 37.4. The summed E-state index contributed by atoms with van der Waals surface area (Å²) in [6.07, 6.45) is -3.54. The van der Waals surface area contributed by atoms with Crippen molar-refractivity contribution in [1.82, 2.24) is 0 Å². The number of aliphatic hydroxyl groups excluding tert-OH is 3. The molecule has 1 fully saturated rings. The second-order valence-electron chi connectivity index (χ2n) is 4.20. The predicted octanol–water partition coefficient (Wildman–Crippen LogP) is -0.733. The number of carbonyl (C=O) groups is 1. The molecule has 0 amide bonds. The van der Waals surface area contributed by atoms with Crippen LogP contribution in [0.3, 0.4) is 0 Å². The van der Waals surface area contributed by atoms with Gasteiger partial charge in [-0.3, -0.25) is 0 Å². The Morgan fingerprint density at radius 3 is 2.30 bits per heavy atom. The van der Waals surface area contributed by atoms with Crippen molar-refractivity contribution in [2.24, 2.45) is 0 Å². The van der Waals surface area contributed by atoms with Crippen LogP contribution in [-0.4, -0.2) is 75.6 Å². The molecule has 1 saturated heterocycles. The molecule has 0 saturated carbocycles. The number of thioether (sulfide) groups is 1. The van der Waals surface area contributed by atoms with Crippen LogP contribution in [0.2, 0.25) is 0 Å². The molecule has 1 aromatic rings. The van der Waals surface area contributed by atoms with Crippen molar-refractivity contribution < 1.29 is 30.0 Å². The van der Waals surface area contributed by atoms with E-state index in [1.807, 2.05) is 0 Å². The Bertz CT molecular complexity index is 454. The van der Waals surface area contributed by atoms with Gasteiger partial charge in [-0.2, -0.15) is 0 Å². The molecular weight excluding hydrogens is 279 g/mol. The van der Waals surface area contributed by atoms with E-state index in [1.54, 1.807) is 12.1 Å². The zero-order valence-corrected chi connectivity index (χ0v) is 10.7. The molecule has 4 atom stereocenters. The fourth-order valence-corrected chi connectivity index (χ4v) is 2.70. The number of carboxylic acid groups (broad SMARTS) is 1. The van der Waals surface area contributed by atoms with E-state index in [9.17, 15) is 20.1 Å². The zero-order valence-electron chi connectivity index (χ0n) is 9.84. The third kappa shape index (κ3) is 3.99. The minimum absolute atomic E-state index is 0. The molecule has 0 radical (unpaired) electrons. The Hall–Kier alpha value is -0.523. The monoisotopic (exact) mass is 294 g/mol. The van der Waals surface area contributed by atoms with E-state index in [1.165, 1.54) is 12.1 Å². The molecule has 1 aliphatic rings. The summed E-state index contributed by atoms with van der Waals surface area (Å²) in [7, 11) is 0. The Balaban J connectivity index is 0.00000200. The van der Waals surface area contributed by atoms with E-state index in [2.05, 4.69) is 0 Å². The first-order valence-corrected chi connectivity index (χ1v) is 6.53. The molecule has 2 rings (SSSR count). The number of hydrogen-bond donors (Lipinski definition) is 4. The normalized spacial score (nSPS) is 29.6. The third-order valence-corrected chi connectivity index (χ3v) is 4.00. The molecule has 0 unspecified atom stereocenters. The second kappa shape index (κ2) is 7.48. The van der Waals surface area contributed by atoms with E-state index in [0.717, 1.165) is 11.8 Å². The van der Waals surface area contributed by atoms with Crippen molar-refractivity contribution in [2.75, 3.05) is 6.61 Å². The number of aliphatic hydroxyl groups is 3. The summed E-state index contributed by atoms with van der Waals surface area (Å²) in [5.74, 6) is -1.01. The summed E-state index contributed by atoms with van der Waals surface area (Å²) in [6, 6.07) is 6.10. The number of benzene rings is 1. The predicted molar refractivity (Wildman–Crippen MR) is 74.2 cm³/mol. The van der Waals surface area contributed by atoms with Crippen LogP contribution in [0.1, 0.15) is 10.4 Å². The van der Waals surface area contributed by atoms with Crippen molar-refractivity contribution in [3.63, 3.8) is 0 Å². The van der Waals surface area contributed by atoms with Gasteiger partial charge in [0.15, 0.2) is 0 Å². The molecule has 106 valence electrons. The van der Waals surface area contributed by atoms with Crippen LogP contribution in [0.4, 0.5) is 0 Å². The maximum atomic E-state index is 10.7. The van der Waals surface area contributed by atoms with Gasteiger partial charge in [-0.15, -0.1) is 0 Å². The molecule has 0 bridgehead atoms. The first-order valence-electron chi connectivity index (χ1n) is 5.65. The molecule has 4 N–H and O–H groups in total. The first kappa shape index (κ1) is 17.5. The molecule has 0 aromatic heterocycles. The van der Waals surface area contributed by atoms with Gasteiger partial charge >= 0.3 is 24.8 Å². The molecule has 8 heteroatoms. The Kier molecular flexibility index (Phi) is 6.55. The van der Waals surface area contributed by atoms with Gasteiger partial charge in [-0.1, -0.05) is 11.8 Å². The maximum absolute atomic E-state index is 10.7. The number of rotatable bonds is 3. The van der Waals surface area contributed by atoms with Crippen molar-refractivity contribution >= 4 is 36.6 Å². The average molecular weight is 294 g/mol. The van der Waals surface area contributed by atoms with Crippen molar-refractivity contribution in [1.29, 1.82) is 0 Å². The van der Waals surface area contributed by atoms with Crippen molar-refractivity contribution in [2.45, 2.75) is 28.6 Å². The van der Waals surface area contributed by atoms with Gasteiger partial charge in [0.2, 0.25) is 0 Å². The van der Waals surface area contributed by atoms with Crippen LogP contribution < -0.4 is 0 Å². The van der Waals surface area contributed by atoms with Gasteiger partial charge in [-0.05, 0) is 24.3 Å². The summed E-state index contributed by atoms with van der Waals surface area (Å²) in [6.45, 7) is -0.0525. The van der Waals surface area contributed by atoms with Gasteiger partial charge in [0.05, 0.1) is 12.2 Å². The fourth-order valence-electron chi connectivity index (χ4n) is 1.69. The second-order valence-corrected chi connectivity index (χ2v) is 5.37. The quantitative estimate of drug-likeness (QED) is 0.544. The van der Waals surface area contributed by atoms with E-state index in [4.69, 9.17) is 9.84 Å². The van der Waals surface area contributed by atoms with Crippen LogP contribution in [0.25, 0.3) is 0 Å². The van der Waals surface area contributed by atoms with Gasteiger partial charge < -0.3 is 25.2 Å². The van der Waals surface area contributed by atoms with E-state index >= 15 is 0 Å². The van der Waals surface area contributed by atoms with Gasteiger partial charge in [0.1, 0.15) is 23.7 Å². The van der Waals surface area contributed by atoms with Crippen LogP contribution in [0.5, 0.6) is 0 Å². The molecule has 1 aliphatic heterocycles. The summed E-state index contributed by atoms with van der Waals surface area (Å²) >= 11 is 1.16. The minimum atomic E-state index is -1.25. The van der Waals surface area contributed by atoms with Crippen LogP contribution in [0.15, 0.2) is 29.2 Å². The Morgan fingerprint density at radius 2 is 1.75 bits per heavy atom. The average Bonchev–Trinajstić information content (AvgIpc) is 2.40. The van der Waals surface area contributed by atoms with E-state index in [-0.39, 0.29) is 31.0 Å². The number of hydrogen-bond acceptors (Lipinski definition) is 6. The Labute approximate surface area is 131 Å². The summed E-state index contributed by atoms with van der Waals surface area (Å²) in [4.78, 5) is 11.4. The number of aromatic carboxylic acids is 1. The SMILES string of the molecule is O=C(O)c1ccc(S[C@@H]2OC[C@@H](O)[C@H](O)[C@H]2O)cc1.[LiH]. The molecular formula is C12H15LiO6S. The topological polar surface area (TPSA) is 107 Å². The standard InChI is InChI=1S/C12H14O6S.Li.H/c13-8-5-18-12(10(15)9(8)14)19-7-3-1-6(2-4-7)11(16)17;;/h1-4,8-10,12-15H,5H2,(H,16,17);;/t8-,9+,10-,12+;;/m1../s1. The Morgan fingerprint density at radius 1 is 1.15 bits per heavy atom. The molecule has 1 aromatic carbocycles. The van der Waals surface area contributed by atoms with Gasteiger partial charge in [0.25, 0.3) is 0 Å². The van der Waals surface area contributed by atoms with Crippen LogP contribution >= 0.6 is 11.8 Å². The number of ether oxygens (including phenoxy) is 1. The molecule has 6 nitrogen and oxygen atoms in total. The van der Waals surface area contributed by atoms with E-state index in [0.29, 0.717) is 4.90 Å². The fraction of sp³-hybridized carbons (Fsp3) is 0.417. The van der Waals surface area contributed by atoms with Crippen molar-refractivity contribution in [3.05, 3.63) is 29.8 Å². The summed E-state index contributed by atoms with van der Waals surface area (Å²) < 4.78 is 5.24. The molecule has 0 spiro atoms. The first-order chi connectivity index (χ1) is 8.99.